The Morgan fingerprint density at radius 2 is 1.69 bits per heavy atom. The maximum Gasteiger partial charge on any atom is 0.292 e. The van der Waals surface area contributed by atoms with E-state index in [1.54, 1.807) is 16.9 Å². The van der Waals surface area contributed by atoms with Crippen LogP contribution < -0.4 is 11.5 Å². The van der Waals surface area contributed by atoms with Crippen molar-refractivity contribution in [3.8, 4) is 11.3 Å². The van der Waals surface area contributed by atoms with E-state index in [2.05, 4.69) is 26.9 Å². The van der Waals surface area contributed by atoms with Crippen LogP contribution in [0.25, 0.3) is 33.4 Å². The van der Waals surface area contributed by atoms with Gasteiger partial charge in [-0.3, -0.25) is 4.79 Å². The van der Waals surface area contributed by atoms with Crippen LogP contribution in [0.4, 0.5) is 11.8 Å². The van der Waals surface area contributed by atoms with Crippen molar-refractivity contribution in [2.24, 2.45) is 0 Å². The van der Waals surface area contributed by atoms with E-state index < -0.39 is 0 Å². The largest absolute Gasteiger partial charge is 0.424 e. The topological polar surface area (TPSA) is 205 Å². The number of carbonyl (C=O) groups is 1. The smallest absolute Gasteiger partial charge is 0.292 e. The minimum absolute atomic E-state index is 0.0312. The molecule has 0 saturated carbocycles. The Kier molecular flexibility index (Phi) is 11.0. The molecule has 1 aromatic carbocycles. The molecule has 1 amide bonds. The van der Waals surface area contributed by atoms with Crippen molar-refractivity contribution in [3.63, 3.8) is 0 Å². The summed E-state index contributed by atoms with van der Waals surface area (Å²) in [5, 5.41) is 5.45. The van der Waals surface area contributed by atoms with Gasteiger partial charge in [0.05, 0.1) is 63.7 Å². The summed E-state index contributed by atoms with van der Waals surface area (Å²) in [6.45, 7) is 7.49. The Morgan fingerprint density at radius 1 is 0.938 bits per heavy atom. The quantitative estimate of drug-likeness (QED) is 0.138. The Bertz CT molecular complexity index is 1840. The van der Waals surface area contributed by atoms with E-state index in [4.69, 9.17) is 44.9 Å². The van der Waals surface area contributed by atoms with Gasteiger partial charge in [0, 0.05) is 43.4 Å². The van der Waals surface area contributed by atoms with Crippen molar-refractivity contribution in [3.05, 3.63) is 47.8 Å². The first-order chi connectivity index (χ1) is 23.5. The van der Waals surface area contributed by atoms with Gasteiger partial charge in [-0.1, -0.05) is 6.92 Å². The zero-order valence-electron chi connectivity index (χ0n) is 27.0. The molecule has 5 aromatic rings. The second-order valence-electron chi connectivity index (χ2n) is 11.2. The standard InChI is InChI=1S/C32H40N10O6/c1-2-8-44-10-12-46-14-15-47-13-11-45-9-6-27(43)41-7-5-23-22(18-41)17-35-26(38-23)19-42-31-28(30(33)36-20-37-31)29(40-42)21-3-4-25-24(16-21)39-32(34)48-25/h3-4,16-17,20H,2,5-15,18-19H2,1H3,(H2,34,39)(H2,33,36,37). The summed E-state index contributed by atoms with van der Waals surface area (Å²) < 4.78 is 29.0. The minimum Gasteiger partial charge on any atom is -0.424 e. The number of nitrogens with two attached hydrogens (primary N) is 2. The molecule has 4 aromatic heterocycles. The van der Waals surface area contributed by atoms with Crippen molar-refractivity contribution in [2.75, 3.05) is 70.9 Å². The number of fused-ring (bicyclic) bond motifs is 3. The van der Waals surface area contributed by atoms with Crippen molar-refractivity contribution in [1.82, 2.24) is 39.6 Å². The summed E-state index contributed by atoms with van der Waals surface area (Å²) in [5.74, 6) is 0.911. The Hall–Kier alpha value is -4.77. The molecule has 6 rings (SSSR count). The van der Waals surface area contributed by atoms with Gasteiger partial charge in [-0.2, -0.15) is 10.1 Å². The molecule has 0 saturated heterocycles. The third-order valence-corrected chi connectivity index (χ3v) is 7.79. The Morgan fingerprint density at radius 3 is 2.46 bits per heavy atom. The van der Waals surface area contributed by atoms with Crippen LogP contribution in [-0.2, 0) is 43.3 Å². The molecule has 0 aliphatic carbocycles. The molecule has 0 unspecified atom stereocenters. The summed E-state index contributed by atoms with van der Waals surface area (Å²) in [6.07, 6.45) is 5.11. The monoisotopic (exact) mass is 660 g/mol. The molecular weight excluding hydrogens is 620 g/mol. The highest BCUT2D eigenvalue weighted by molar-refractivity contribution is 5.99. The molecule has 0 radical (unpaired) electrons. The van der Waals surface area contributed by atoms with E-state index in [1.807, 2.05) is 17.0 Å². The first-order valence-corrected chi connectivity index (χ1v) is 16.1. The molecule has 0 atom stereocenters. The predicted molar refractivity (Wildman–Crippen MR) is 176 cm³/mol. The number of amides is 1. The number of hydrogen-bond donors (Lipinski definition) is 2. The lowest BCUT2D eigenvalue weighted by Crippen LogP contribution is -2.37. The first kappa shape index (κ1) is 33.1. The number of anilines is 2. The molecule has 0 spiro atoms. The van der Waals surface area contributed by atoms with Crippen LogP contribution in [-0.4, -0.2) is 105 Å². The number of oxazole rings is 1. The van der Waals surface area contributed by atoms with Crippen molar-refractivity contribution in [2.45, 2.75) is 39.3 Å². The second kappa shape index (κ2) is 15.9. The lowest BCUT2D eigenvalue weighted by molar-refractivity contribution is -0.133. The number of rotatable bonds is 17. The first-order valence-electron chi connectivity index (χ1n) is 16.1. The molecule has 1 aliphatic heterocycles. The number of nitrogens with zero attached hydrogens (tertiary/aromatic N) is 8. The van der Waals surface area contributed by atoms with Gasteiger partial charge < -0.3 is 39.7 Å². The molecule has 0 fully saturated rings. The molecule has 16 heteroatoms. The van der Waals surface area contributed by atoms with Gasteiger partial charge in [-0.15, -0.1) is 0 Å². The average Bonchev–Trinajstić information content (AvgIpc) is 3.66. The van der Waals surface area contributed by atoms with Crippen molar-refractivity contribution in [1.29, 1.82) is 0 Å². The molecule has 1 aliphatic rings. The average molecular weight is 661 g/mol. The summed E-state index contributed by atoms with van der Waals surface area (Å²) in [5.41, 5.74) is 17.0. The molecule has 4 N–H and O–H groups in total. The SMILES string of the molecule is CCCOCCOCCOCCOCCC(=O)N1CCc2nc(Cn3nc(-c4ccc5oc(N)nc5c4)c4c(N)ncnc43)ncc2C1. The third-order valence-electron chi connectivity index (χ3n) is 7.79. The van der Waals surface area contributed by atoms with Crippen LogP contribution in [0.3, 0.4) is 0 Å². The molecule has 0 bridgehead atoms. The third kappa shape index (κ3) is 8.02. The number of hydrogen-bond acceptors (Lipinski definition) is 14. The van der Waals surface area contributed by atoms with Crippen LogP contribution in [0.5, 0.6) is 0 Å². The fourth-order valence-corrected chi connectivity index (χ4v) is 5.44. The summed E-state index contributed by atoms with van der Waals surface area (Å²) in [7, 11) is 0. The molecule has 48 heavy (non-hydrogen) atoms. The zero-order chi connectivity index (χ0) is 33.3. The van der Waals surface area contributed by atoms with E-state index in [1.165, 1.54) is 6.33 Å². The Labute approximate surface area is 276 Å². The number of benzene rings is 1. The molecular formula is C32H40N10O6. The maximum absolute atomic E-state index is 12.9. The summed E-state index contributed by atoms with van der Waals surface area (Å²) >= 11 is 0. The lowest BCUT2D eigenvalue weighted by atomic mass is 10.1. The molecule has 5 heterocycles. The number of aromatic nitrogens is 7. The van der Waals surface area contributed by atoms with Crippen molar-refractivity contribution < 1.29 is 28.2 Å². The van der Waals surface area contributed by atoms with Crippen LogP contribution in [0.2, 0.25) is 0 Å². The van der Waals surface area contributed by atoms with Crippen LogP contribution in [0.1, 0.15) is 36.8 Å². The number of nitrogen functional groups attached to an aromatic ring is 2. The zero-order valence-corrected chi connectivity index (χ0v) is 27.0. The van der Waals surface area contributed by atoms with Crippen LogP contribution >= 0.6 is 0 Å². The molecule has 16 nitrogen and oxygen atoms in total. The Balaban J connectivity index is 0.993. The number of carbonyl (C=O) groups excluding carboxylic acids is 1. The van der Waals surface area contributed by atoms with Crippen LogP contribution in [0.15, 0.2) is 35.1 Å². The van der Waals surface area contributed by atoms with E-state index in [0.717, 1.165) is 29.8 Å². The normalized spacial score (nSPS) is 13.1. The predicted octanol–water partition coefficient (Wildman–Crippen LogP) is 2.39. The fourth-order valence-electron chi connectivity index (χ4n) is 5.44. The van der Waals surface area contributed by atoms with Crippen LogP contribution in [0, 0.1) is 0 Å². The van der Waals surface area contributed by atoms with Crippen molar-refractivity contribution >= 4 is 39.9 Å². The lowest BCUT2D eigenvalue weighted by Gasteiger charge is -2.28. The highest BCUT2D eigenvalue weighted by Crippen LogP contribution is 2.32. The van der Waals surface area contributed by atoms with Gasteiger partial charge >= 0.3 is 0 Å². The highest BCUT2D eigenvalue weighted by atomic mass is 16.6. The van der Waals surface area contributed by atoms with E-state index in [-0.39, 0.29) is 18.5 Å². The van der Waals surface area contributed by atoms with Gasteiger partial charge in [0.1, 0.15) is 35.7 Å². The summed E-state index contributed by atoms with van der Waals surface area (Å²) in [4.78, 5) is 37.0. The summed E-state index contributed by atoms with van der Waals surface area (Å²) in [6, 6.07) is 5.57. The highest BCUT2D eigenvalue weighted by Gasteiger charge is 2.23. The van der Waals surface area contributed by atoms with Gasteiger partial charge in [-0.05, 0) is 24.6 Å². The van der Waals surface area contributed by atoms with E-state index in [0.29, 0.717) is 112 Å². The fraction of sp³-hybridized carbons (Fsp3) is 0.469. The van der Waals surface area contributed by atoms with Gasteiger partial charge in [0.15, 0.2) is 11.2 Å². The maximum atomic E-state index is 12.9. The van der Waals surface area contributed by atoms with Gasteiger partial charge in [0.2, 0.25) is 5.91 Å². The minimum atomic E-state index is 0.0312. The van der Waals surface area contributed by atoms with E-state index in [9.17, 15) is 4.79 Å². The van der Waals surface area contributed by atoms with E-state index >= 15 is 0 Å². The van der Waals surface area contributed by atoms with Gasteiger partial charge in [-0.25, -0.2) is 24.6 Å². The number of ether oxygens (including phenoxy) is 4. The second-order valence-corrected chi connectivity index (χ2v) is 11.2. The van der Waals surface area contributed by atoms with Gasteiger partial charge in [0.25, 0.3) is 6.01 Å². The molecule has 254 valence electrons.